The highest BCUT2D eigenvalue weighted by atomic mass is 14.0. The van der Waals surface area contributed by atoms with Gasteiger partial charge in [0.2, 0.25) is 0 Å². The fourth-order valence-corrected chi connectivity index (χ4v) is 0.642. The van der Waals surface area contributed by atoms with E-state index in [1.807, 2.05) is 6.92 Å². The van der Waals surface area contributed by atoms with Crippen LogP contribution in [0.4, 0.5) is 0 Å². The number of hydrogen-bond acceptors (Lipinski definition) is 0. The van der Waals surface area contributed by atoms with Crippen molar-refractivity contribution in [1.82, 2.24) is 0 Å². The molecule has 0 aliphatic carbocycles. The Kier molecular flexibility index (Phi) is 3.29. The van der Waals surface area contributed by atoms with Gasteiger partial charge < -0.3 is 0 Å². The smallest absolute Gasteiger partial charge is 0.0285 e. The molecule has 0 aromatic rings. The van der Waals surface area contributed by atoms with E-state index < -0.39 is 0 Å². The molecule has 0 nitrogen and oxygen atoms in total. The number of hydrogen-bond donors (Lipinski definition) is 0. The van der Waals surface area contributed by atoms with Gasteiger partial charge in [-0.25, -0.2) is 0 Å². The maximum absolute atomic E-state index is 3.84. The van der Waals surface area contributed by atoms with E-state index in [2.05, 4.69) is 33.4 Å². The average Bonchev–Trinajstić information content (AvgIpc) is 1.63. The van der Waals surface area contributed by atoms with E-state index in [1.165, 1.54) is 11.1 Å². The molecule has 0 aliphatic rings. The molecule has 0 unspecified atom stereocenters. The van der Waals surface area contributed by atoms with Crippen LogP contribution < -0.4 is 0 Å². The van der Waals surface area contributed by atoms with Crippen molar-refractivity contribution in [3.63, 3.8) is 0 Å². The van der Waals surface area contributed by atoms with Crippen LogP contribution in [0, 0.1) is 5.92 Å². The first-order valence-electron chi connectivity index (χ1n) is 3.38. The second-order valence-electron chi connectivity index (χ2n) is 2.87. The molecule has 0 aliphatic heterocycles. The van der Waals surface area contributed by atoms with E-state index >= 15 is 0 Å². The van der Waals surface area contributed by atoms with Gasteiger partial charge in [0, 0.05) is 0 Å². The normalized spacial score (nSPS) is 12.3. The van der Waals surface area contributed by atoms with Gasteiger partial charge in [-0.05, 0) is 19.8 Å². The van der Waals surface area contributed by atoms with Gasteiger partial charge in [0.05, 0.1) is 0 Å². The summed E-state index contributed by atoms with van der Waals surface area (Å²) in [6.07, 6.45) is 2.22. The summed E-state index contributed by atoms with van der Waals surface area (Å²) in [5, 5.41) is 0. The molecule has 0 aromatic heterocycles. The SMILES string of the molecule is C=C(C)/C(C)=C\C(C)C. The van der Waals surface area contributed by atoms with Crippen molar-refractivity contribution in [1.29, 1.82) is 0 Å². The number of rotatable bonds is 2. The van der Waals surface area contributed by atoms with Gasteiger partial charge in [-0.1, -0.05) is 37.6 Å². The van der Waals surface area contributed by atoms with Crippen molar-refractivity contribution in [2.24, 2.45) is 5.92 Å². The minimum absolute atomic E-state index is 0.640. The topological polar surface area (TPSA) is 0 Å². The lowest BCUT2D eigenvalue weighted by Crippen LogP contribution is -1.83. The van der Waals surface area contributed by atoms with E-state index in [4.69, 9.17) is 0 Å². The van der Waals surface area contributed by atoms with Crippen LogP contribution in [-0.2, 0) is 0 Å². The van der Waals surface area contributed by atoms with E-state index in [0.717, 1.165) is 0 Å². The zero-order valence-electron chi connectivity index (χ0n) is 6.86. The zero-order chi connectivity index (χ0) is 7.44. The zero-order valence-corrected chi connectivity index (χ0v) is 6.86. The number of allylic oxidation sites excluding steroid dienone is 3. The first-order valence-corrected chi connectivity index (χ1v) is 3.38. The van der Waals surface area contributed by atoms with E-state index in [9.17, 15) is 0 Å². The van der Waals surface area contributed by atoms with Crippen molar-refractivity contribution in [3.05, 3.63) is 23.8 Å². The molecule has 9 heavy (non-hydrogen) atoms. The van der Waals surface area contributed by atoms with Gasteiger partial charge >= 0.3 is 0 Å². The molecule has 0 radical (unpaired) electrons. The van der Waals surface area contributed by atoms with Gasteiger partial charge in [-0.2, -0.15) is 0 Å². The third-order valence-electron chi connectivity index (χ3n) is 1.26. The fourth-order valence-electron chi connectivity index (χ4n) is 0.642. The maximum Gasteiger partial charge on any atom is -0.0285 e. The molecular formula is C9H16. The van der Waals surface area contributed by atoms with Crippen molar-refractivity contribution in [2.75, 3.05) is 0 Å². The summed E-state index contributed by atoms with van der Waals surface area (Å²) in [6.45, 7) is 12.3. The summed E-state index contributed by atoms with van der Waals surface area (Å²) >= 11 is 0. The van der Waals surface area contributed by atoms with E-state index in [0.29, 0.717) is 5.92 Å². The van der Waals surface area contributed by atoms with Crippen LogP contribution in [-0.4, -0.2) is 0 Å². The molecule has 0 rings (SSSR count). The van der Waals surface area contributed by atoms with Gasteiger partial charge in [-0.3, -0.25) is 0 Å². The van der Waals surface area contributed by atoms with Crippen LogP contribution in [0.25, 0.3) is 0 Å². The van der Waals surface area contributed by atoms with E-state index in [1.54, 1.807) is 0 Å². The minimum Gasteiger partial charge on any atom is -0.0959 e. The Labute approximate surface area is 58.3 Å². The van der Waals surface area contributed by atoms with Gasteiger partial charge in [0.25, 0.3) is 0 Å². The van der Waals surface area contributed by atoms with Crippen molar-refractivity contribution >= 4 is 0 Å². The minimum atomic E-state index is 0.640. The third kappa shape index (κ3) is 4.01. The molecule has 0 amide bonds. The van der Waals surface area contributed by atoms with Gasteiger partial charge in [0.15, 0.2) is 0 Å². The standard InChI is InChI=1S/C9H16/c1-7(2)6-9(5)8(3)4/h6-7H,3H2,1-2,4-5H3/b9-6-. The van der Waals surface area contributed by atoms with Crippen LogP contribution in [0.1, 0.15) is 27.7 Å². The summed E-state index contributed by atoms with van der Waals surface area (Å²) in [5.41, 5.74) is 2.48. The molecule has 0 N–H and O–H groups in total. The van der Waals surface area contributed by atoms with Crippen LogP contribution in [0.5, 0.6) is 0 Å². The van der Waals surface area contributed by atoms with E-state index in [-0.39, 0.29) is 0 Å². The Bertz CT molecular complexity index is 127. The quantitative estimate of drug-likeness (QED) is 0.496. The predicted molar refractivity (Wildman–Crippen MR) is 43.4 cm³/mol. The Balaban J connectivity index is 4.00. The summed E-state index contributed by atoms with van der Waals surface area (Å²) in [7, 11) is 0. The summed E-state index contributed by atoms with van der Waals surface area (Å²) in [6, 6.07) is 0. The molecule has 0 saturated heterocycles. The van der Waals surface area contributed by atoms with Crippen molar-refractivity contribution in [3.8, 4) is 0 Å². The molecule has 0 aromatic carbocycles. The second kappa shape index (κ2) is 3.49. The molecular weight excluding hydrogens is 108 g/mol. The highest BCUT2D eigenvalue weighted by Gasteiger charge is 1.90. The Hall–Kier alpha value is -0.520. The fraction of sp³-hybridized carbons (Fsp3) is 0.556. The summed E-state index contributed by atoms with van der Waals surface area (Å²) in [4.78, 5) is 0. The molecule has 0 heterocycles. The summed E-state index contributed by atoms with van der Waals surface area (Å²) < 4.78 is 0. The average molecular weight is 124 g/mol. The molecule has 0 bridgehead atoms. The first-order chi connectivity index (χ1) is 4.04. The monoisotopic (exact) mass is 124 g/mol. The lowest BCUT2D eigenvalue weighted by molar-refractivity contribution is 0.823. The molecule has 0 spiro atoms. The van der Waals surface area contributed by atoms with Gasteiger partial charge in [-0.15, -0.1) is 0 Å². The Morgan fingerprint density at radius 2 is 1.78 bits per heavy atom. The summed E-state index contributed by atoms with van der Waals surface area (Å²) in [5.74, 6) is 0.640. The largest absolute Gasteiger partial charge is 0.0959 e. The third-order valence-corrected chi connectivity index (χ3v) is 1.26. The molecule has 0 atom stereocenters. The second-order valence-corrected chi connectivity index (χ2v) is 2.87. The predicted octanol–water partition coefficient (Wildman–Crippen LogP) is 3.16. The highest BCUT2D eigenvalue weighted by molar-refractivity contribution is 5.23. The van der Waals surface area contributed by atoms with Crippen LogP contribution in [0.15, 0.2) is 23.8 Å². The lowest BCUT2D eigenvalue weighted by Gasteiger charge is -2.00. The lowest BCUT2D eigenvalue weighted by atomic mass is 10.1. The molecule has 0 saturated carbocycles. The van der Waals surface area contributed by atoms with Crippen molar-refractivity contribution in [2.45, 2.75) is 27.7 Å². The Morgan fingerprint density at radius 3 is 1.89 bits per heavy atom. The molecule has 0 fully saturated rings. The van der Waals surface area contributed by atoms with Crippen LogP contribution >= 0.6 is 0 Å². The highest BCUT2D eigenvalue weighted by Crippen LogP contribution is 2.08. The Morgan fingerprint density at radius 1 is 1.33 bits per heavy atom. The first kappa shape index (κ1) is 8.48. The van der Waals surface area contributed by atoms with Crippen LogP contribution in [0.2, 0.25) is 0 Å². The van der Waals surface area contributed by atoms with Gasteiger partial charge in [0.1, 0.15) is 0 Å². The van der Waals surface area contributed by atoms with Crippen LogP contribution in [0.3, 0.4) is 0 Å². The molecule has 0 heteroatoms. The molecule has 52 valence electrons. The van der Waals surface area contributed by atoms with Crippen molar-refractivity contribution < 1.29 is 0 Å². The maximum atomic E-state index is 3.84.